The Labute approximate surface area is 193 Å². The molecule has 1 aliphatic heterocycles. The highest BCUT2D eigenvalue weighted by Crippen LogP contribution is 2.29. The molecule has 0 bridgehead atoms. The molecule has 0 aromatic heterocycles. The third kappa shape index (κ3) is 6.51. The maximum absolute atomic E-state index is 12.8. The zero-order chi connectivity index (χ0) is 23.8. The number of aliphatic hydroxyl groups excluding tert-OH is 1. The lowest BCUT2D eigenvalue weighted by Crippen LogP contribution is -2.60. The van der Waals surface area contributed by atoms with E-state index in [0.717, 1.165) is 6.42 Å². The molecular weight excluding hydrogens is 424 g/mol. The number of benzene rings is 2. The fourth-order valence-electron chi connectivity index (χ4n) is 3.58. The summed E-state index contributed by atoms with van der Waals surface area (Å²) in [5.41, 5.74) is 0.651. The maximum atomic E-state index is 12.8. The van der Waals surface area contributed by atoms with Gasteiger partial charge in [-0.1, -0.05) is 42.5 Å². The van der Waals surface area contributed by atoms with Crippen molar-refractivity contribution in [3.8, 4) is 0 Å². The highest BCUT2D eigenvalue weighted by Gasteiger charge is 2.49. The van der Waals surface area contributed by atoms with Gasteiger partial charge in [0.25, 0.3) is 0 Å². The van der Waals surface area contributed by atoms with E-state index in [4.69, 9.17) is 18.9 Å². The average Bonchev–Trinajstić information content (AvgIpc) is 2.83. The van der Waals surface area contributed by atoms with Crippen LogP contribution in [-0.4, -0.2) is 53.9 Å². The Morgan fingerprint density at radius 1 is 1.00 bits per heavy atom. The fourth-order valence-corrected chi connectivity index (χ4v) is 3.58. The number of carbonyl (C=O) groups excluding carboxylic acids is 2. The van der Waals surface area contributed by atoms with Gasteiger partial charge >= 0.3 is 11.9 Å². The van der Waals surface area contributed by atoms with E-state index >= 15 is 0 Å². The van der Waals surface area contributed by atoms with Crippen molar-refractivity contribution in [2.75, 3.05) is 0 Å². The van der Waals surface area contributed by atoms with Crippen molar-refractivity contribution in [3.05, 3.63) is 84.4 Å². The number of aliphatic hydroxyl groups is 1. The minimum atomic E-state index is -1.37. The van der Waals surface area contributed by atoms with Crippen molar-refractivity contribution in [2.24, 2.45) is 0 Å². The van der Waals surface area contributed by atoms with Gasteiger partial charge in [-0.2, -0.15) is 0 Å². The summed E-state index contributed by atoms with van der Waals surface area (Å²) in [6.07, 6.45) is -2.38. The predicted molar refractivity (Wildman–Crippen MR) is 122 cm³/mol. The third-order valence-corrected chi connectivity index (χ3v) is 5.40. The van der Waals surface area contributed by atoms with Gasteiger partial charge in [0.15, 0.2) is 18.5 Å². The number of allylic oxidation sites excluding steroid dienone is 1. The van der Waals surface area contributed by atoms with Gasteiger partial charge in [-0.15, -0.1) is 6.58 Å². The van der Waals surface area contributed by atoms with E-state index in [1.165, 1.54) is 0 Å². The zero-order valence-corrected chi connectivity index (χ0v) is 18.8. The van der Waals surface area contributed by atoms with Crippen molar-refractivity contribution in [2.45, 2.75) is 63.5 Å². The summed E-state index contributed by atoms with van der Waals surface area (Å²) in [4.78, 5) is 25.5. The van der Waals surface area contributed by atoms with Gasteiger partial charge in [-0.25, -0.2) is 9.59 Å². The Morgan fingerprint density at radius 3 is 2.03 bits per heavy atom. The van der Waals surface area contributed by atoms with Crippen LogP contribution in [0.1, 0.15) is 47.4 Å². The van der Waals surface area contributed by atoms with Crippen LogP contribution < -0.4 is 0 Å². The lowest BCUT2D eigenvalue weighted by atomic mass is 9.98. The summed E-state index contributed by atoms with van der Waals surface area (Å²) >= 11 is 0. The molecule has 0 saturated carbocycles. The van der Waals surface area contributed by atoms with E-state index in [1.807, 2.05) is 6.92 Å². The monoisotopic (exact) mass is 454 g/mol. The van der Waals surface area contributed by atoms with Gasteiger partial charge in [0.05, 0.1) is 23.3 Å². The molecule has 1 heterocycles. The molecule has 1 aliphatic rings. The summed E-state index contributed by atoms with van der Waals surface area (Å²) in [7, 11) is 0. The second kappa shape index (κ2) is 11.7. The van der Waals surface area contributed by atoms with Crippen LogP contribution in [0.2, 0.25) is 0 Å². The van der Waals surface area contributed by atoms with Gasteiger partial charge in [0, 0.05) is 0 Å². The number of carbonyl (C=O) groups is 2. The standard InChI is InChI=1S/C26H30O7/c1-4-5-12-17(2)30-26-21(27)23(33-25(29)20-15-10-7-11-16-20)22(18(3)31-26)32-24(28)19-13-8-6-9-14-19/h4,6-11,13-18,21-23,26-27H,1,5,12H2,2-3H3/t17-,18+,21-,22+,23+,26-/m1/s1. The van der Waals surface area contributed by atoms with Gasteiger partial charge in [-0.3, -0.25) is 0 Å². The Hall–Kier alpha value is -3.00. The summed E-state index contributed by atoms with van der Waals surface area (Å²) in [5.74, 6) is -1.25. The Kier molecular flexibility index (Phi) is 8.77. The number of esters is 2. The first-order valence-corrected chi connectivity index (χ1v) is 11.0. The van der Waals surface area contributed by atoms with Gasteiger partial charge in [0.1, 0.15) is 6.10 Å². The largest absolute Gasteiger partial charge is 0.452 e. The molecule has 6 atom stereocenters. The molecule has 33 heavy (non-hydrogen) atoms. The van der Waals surface area contributed by atoms with Crippen LogP contribution in [-0.2, 0) is 18.9 Å². The number of hydrogen-bond donors (Lipinski definition) is 1. The fraction of sp³-hybridized carbons (Fsp3) is 0.385. The highest BCUT2D eigenvalue weighted by atomic mass is 16.7. The summed E-state index contributed by atoms with van der Waals surface area (Å²) in [6, 6.07) is 16.9. The molecule has 2 aromatic carbocycles. The molecule has 176 valence electrons. The van der Waals surface area contributed by atoms with E-state index in [1.54, 1.807) is 73.7 Å². The van der Waals surface area contributed by atoms with Crippen LogP contribution in [0.15, 0.2) is 73.3 Å². The highest BCUT2D eigenvalue weighted by molar-refractivity contribution is 5.90. The molecule has 7 heteroatoms. The van der Waals surface area contributed by atoms with Crippen LogP contribution in [0, 0.1) is 0 Å². The van der Waals surface area contributed by atoms with Crippen molar-refractivity contribution in [1.82, 2.24) is 0 Å². The molecule has 7 nitrogen and oxygen atoms in total. The topological polar surface area (TPSA) is 91.3 Å². The quantitative estimate of drug-likeness (QED) is 0.454. The van der Waals surface area contributed by atoms with Crippen molar-refractivity contribution in [3.63, 3.8) is 0 Å². The first-order valence-electron chi connectivity index (χ1n) is 11.0. The Morgan fingerprint density at radius 2 is 1.52 bits per heavy atom. The van der Waals surface area contributed by atoms with Crippen LogP contribution in [0.4, 0.5) is 0 Å². The molecule has 0 unspecified atom stereocenters. The van der Waals surface area contributed by atoms with Crippen LogP contribution in [0.5, 0.6) is 0 Å². The normalized spacial score (nSPS) is 25.6. The molecule has 0 aliphatic carbocycles. The predicted octanol–water partition coefficient (Wildman–Crippen LogP) is 3.91. The number of hydrogen-bond acceptors (Lipinski definition) is 7. The number of rotatable bonds is 9. The Bertz CT molecular complexity index is 915. The van der Waals surface area contributed by atoms with E-state index in [2.05, 4.69) is 6.58 Å². The maximum Gasteiger partial charge on any atom is 0.338 e. The lowest BCUT2D eigenvalue weighted by Gasteiger charge is -2.43. The SMILES string of the molecule is C=CCC[C@@H](C)O[C@@H]1O[C@@H](C)[C@H](OC(=O)c2ccccc2)[C@@H](OC(=O)c2ccccc2)[C@H]1O. The summed E-state index contributed by atoms with van der Waals surface area (Å²) < 4.78 is 23.0. The van der Waals surface area contributed by atoms with Gasteiger partial charge in [-0.05, 0) is 51.0 Å². The van der Waals surface area contributed by atoms with Crippen LogP contribution in [0.3, 0.4) is 0 Å². The average molecular weight is 455 g/mol. The molecule has 0 amide bonds. The molecule has 1 fully saturated rings. The summed E-state index contributed by atoms with van der Waals surface area (Å²) in [5, 5.41) is 11.0. The smallest absolute Gasteiger partial charge is 0.338 e. The van der Waals surface area contributed by atoms with E-state index in [-0.39, 0.29) is 6.10 Å². The molecule has 1 saturated heterocycles. The van der Waals surface area contributed by atoms with E-state index in [0.29, 0.717) is 17.5 Å². The molecule has 2 aromatic rings. The summed E-state index contributed by atoms with van der Waals surface area (Å²) in [6.45, 7) is 7.24. The number of ether oxygens (including phenoxy) is 4. The van der Waals surface area contributed by atoms with Crippen molar-refractivity contribution >= 4 is 11.9 Å². The second-order valence-electron chi connectivity index (χ2n) is 7.98. The zero-order valence-electron chi connectivity index (χ0n) is 18.8. The lowest BCUT2D eigenvalue weighted by molar-refractivity contribution is -0.301. The van der Waals surface area contributed by atoms with Crippen molar-refractivity contribution in [1.29, 1.82) is 0 Å². The molecule has 1 N–H and O–H groups in total. The third-order valence-electron chi connectivity index (χ3n) is 5.40. The first-order chi connectivity index (χ1) is 15.9. The van der Waals surface area contributed by atoms with Crippen LogP contribution >= 0.6 is 0 Å². The molecule has 0 radical (unpaired) electrons. The Balaban J connectivity index is 1.81. The first kappa shape index (κ1) is 24.6. The molecule has 3 rings (SSSR count). The second-order valence-corrected chi connectivity index (χ2v) is 7.98. The van der Waals surface area contributed by atoms with Gasteiger partial charge in [0.2, 0.25) is 0 Å². The molecule has 0 spiro atoms. The van der Waals surface area contributed by atoms with Crippen molar-refractivity contribution < 1.29 is 33.6 Å². The minimum Gasteiger partial charge on any atom is -0.452 e. The molecular formula is C26H30O7. The van der Waals surface area contributed by atoms with E-state index in [9.17, 15) is 14.7 Å². The minimum absolute atomic E-state index is 0.233. The van der Waals surface area contributed by atoms with E-state index < -0.39 is 42.6 Å². The van der Waals surface area contributed by atoms with Crippen LogP contribution in [0.25, 0.3) is 0 Å². The van der Waals surface area contributed by atoms with Gasteiger partial charge < -0.3 is 24.1 Å².